The molecule has 0 spiro atoms. The van der Waals surface area contributed by atoms with Crippen molar-refractivity contribution in [3.63, 3.8) is 0 Å². The SMILES string of the molecule is [C-]#[N+]c1ccc(C(C)(C)C)c(C)c1. The quantitative estimate of drug-likeness (QED) is 0.525. The molecule has 0 radical (unpaired) electrons. The van der Waals surface area contributed by atoms with Crippen molar-refractivity contribution in [3.8, 4) is 0 Å². The molecule has 0 N–H and O–H groups in total. The first-order chi connectivity index (χ1) is 5.95. The maximum absolute atomic E-state index is 6.89. The molecule has 0 aliphatic rings. The molecule has 0 atom stereocenters. The topological polar surface area (TPSA) is 4.36 Å². The Labute approximate surface area is 80.2 Å². The van der Waals surface area contributed by atoms with Gasteiger partial charge in [-0.15, -0.1) is 0 Å². The average molecular weight is 173 g/mol. The summed E-state index contributed by atoms with van der Waals surface area (Å²) in [6.07, 6.45) is 0. The van der Waals surface area contributed by atoms with Crippen LogP contribution >= 0.6 is 0 Å². The van der Waals surface area contributed by atoms with Crippen molar-refractivity contribution in [1.29, 1.82) is 0 Å². The van der Waals surface area contributed by atoms with Gasteiger partial charge in [0.25, 0.3) is 0 Å². The Balaban J connectivity index is 3.23. The first kappa shape index (κ1) is 9.80. The molecule has 0 aliphatic carbocycles. The molecule has 0 aliphatic heterocycles. The molecule has 0 amide bonds. The van der Waals surface area contributed by atoms with E-state index in [9.17, 15) is 0 Å². The van der Waals surface area contributed by atoms with Gasteiger partial charge in [0.15, 0.2) is 5.69 Å². The molecule has 0 saturated heterocycles. The lowest BCUT2D eigenvalue weighted by Crippen LogP contribution is -2.12. The van der Waals surface area contributed by atoms with Gasteiger partial charge in [-0.05, 0) is 17.9 Å². The maximum Gasteiger partial charge on any atom is 0.187 e. The fourth-order valence-corrected chi connectivity index (χ4v) is 1.56. The normalized spacial score (nSPS) is 11.0. The van der Waals surface area contributed by atoms with Crippen molar-refractivity contribution in [3.05, 3.63) is 40.7 Å². The van der Waals surface area contributed by atoms with E-state index in [1.54, 1.807) is 0 Å². The minimum absolute atomic E-state index is 0.171. The van der Waals surface area contributed by atoms with E-state index in [2.05, 4.69) is 38.6 Å². The minimum atomic E-state index is 0.171. The first-order valence-electron chi connectivity index (χ1n) is 4.44. The third-order valence-corrected chi connectivity index (χ3v) is 2.15. The largest absolute Gasteiger partial charge is 0.238 e. The Hall–Kier alpha value is -1.29. The van der Waals surface area contributed by atoms with Gasteiger partial charge in [0.05, 0.1) is 6.57 Å². The average Bonchev–Trinajstić information content (AvgIpc) is 2.01. The minimum Gasteiger partial charge on any atom is -0.238 e. The summed E-state index contributed by atoms with van der Waals surface area (Å²) in [5.74, 6) is 0. The number of hydrogen-bond acceptors (Lipinski definition) is 0. The van der Waals surface area contributed by atoms with Gasteiger partial charge < -0.3 is 0 Å². The highest BCUT2D eigenvalue weighted by atomic mass is 14.6. The van der Waals surface area contributed by atoms with Gasteiger partial charge in [-0.1, -0.05) is 44.5 Å². The van der Waals surface area contributed by atoms with E-state index in [0.29, 0.717) is 0 Å². The van der Waals surface area contributed by atoms with Gasteiger partial charge in [-0.3, -0.25) is 0 Å². The number of rotatable bonds is 0. The van der Waals surface area contributed by atoms with Gasteiger partial charge in [-0.25, -0.2) is 4.85 Å². The van der Waals surface area contributed by atoms with Crippen molar-refractivity contribution in [2.45, 2.75) is 33.1 Å². The van der Waals surface area contributed by atoms with Crippen LogP contribution in [0.4, 0.5) is 5.69 Å². The molecule has 1 rings (SSSR count). The van der Waals surface area contributed by atoms with Crippen molar-refractivity contribution in [2.24, 2.45) is 0 Å². The summed E-state index contributed by atoms with van der Waals surface area (Å²) >= 11 is 0. The molecule has 0 bridgehead atoms. The van der Waals surface area contributed by atoms with Crippen LogP contribution in [0.5, 0.6) is 0 Å². The summed E-state index contributed by atoms with van der Waals surface area (Å²) in [6.45, 7) is 15.5. The van der Waals surface area contributed by atoms with Gasteiger partial charge in [0, 0.05) is 0 Å². The monoisotopic (exact) mass is 173 g/mol. The van der Waals surface area contributed by atoms with E-state index in [-0.39, 0.29) is 5.41 Å². The van der Waals surface area contributed by atoms with Crippen molar-refractivity contribution in [2.75, 3.05) is 0 Å². The first-order valence-corrected chi connectivity index (χ1v) is 4.44. The van der Waals surface area contributed by atoms with E-state index >= 15 is 0 Å². The Bertz CT molecular complexity index is 350. The van der Waals surface area contributed by atoms with Gasteiger partial charge in [-0.2, -0.15) is 0 Å². The van der Waals surface area contributed by atoms with Crippen molar-refractivity contribution >= 4 is 5.69 Å². The van der Waals surface area contributed by atoms with Crippen LogP contribution in [0.1, 0.15) is 31.9 Å². The molecular formula is C12H15N. The van der Waals surface area contributed by atoms with Crippen LogP contribution in [0.2, 0.25) is 0 Å². The number of aryl methyl sites for hydroxylation is 1. The number of benzene rings is 1. The van der Waals surface area contributed by atoms with Crippen LogP contribution in [-0.2, 0) is 5.41 Å². The third kappa shape index (κ3) is 2.09. The van der Waals surface area contributed by atoms with E-state index in [1.807, 2.05) is 12.1 Å². The zero-order valence-electron chi connectivity index (χ0n) is 8.68. The molecule has 0 heterocycles. The maximum atomic E-state index is 6.89. The van der Waals surface area contributed by atoms with Gasteiger partial charge >= 0.3 is 0 Å². The molecule has 1 nitrogen and oxygen atoms in total. The van der Waals surface area contributed by atoms with E-state index in [1.165, 1.54) is 11.1 Å². The molecule has 0 saturated carbocycles. The molecule has 13 heavy (non-hydrogen) atoms. The molecular weight excluding hydrogens is 158 g/mol. The summed E-state index contributed by atoms with van der Waals surface area (Å²) in [5.41, 5.74) is 3.43. The molecule has 0 fully saturated rings. The lowest BCUT2D eigenvalue weighted by atomic mass is 9.84. The van der Waals surface area contributed by atoms with Gasteiger partial charge in [0.2, 0.25) is 0 Å². The Morgan fingerprint density at radius 3 is 2.23 bits per heavy atom. The lowest BCUT2D eigenvalue weighted by molar-refractivity contribution is 0.586. The second-order valence-electron chi connectivity index (χ2n) is 4.36. The smallest absolute Gasteiger partial charge is 0.187 e. The van der Waals surface area contributed by atoms with Crippen LogP contribution in [-0.4, -0.2) is 0 Å². The Morgan fingerprint density at radius 1 is 1.23 bits per heavy atom. The Kier molecular flexibility index (Phi) is 2.43. The fourth-order valence-electron chi connectivity index (χ4n) is 1.56. The second kappa shape index (κ2) is 3.22. The van der Waals surface area contributed by atoms with Crippen molar-refractivity contribution < 1.29 is 0 Å². The molecule has 1 aromatic rings. The van der Waals surface area contributed by atoms with E-state index < -0.39 is 0 Å². The molecule has 0 unspecified atom stereocenters. The summed E-state index contributed by atoms with van der Waals surface area (Å²) in [6, 6.07) is 5.90. The third-order valence-electron chi connectivity index (χ3n) is 2.15. The number of nitrogens with zero attached hydrogens (tertiary/aromatic N) is 1. The highest BCUT2D eigenvalue weighted by Crippen LogP contribution is 2.28. The zero-order valence-corrected chi connectivity index (χ0v) is 8.68. The van der Waals surface area contributed by atoms with Gasteiger partial charge in [0.1, 0.15) is 0 Å². The van der Waals surface area contributed by atoms with E-state index in [4.69, 9.17) is 6.57 Å². The summed E-state index contributed by atoms with van der Waals surface area (Å²) in [4.78, 5) is 3.40. The molecule has 68 valence electrons. The lowest BCUT2D eigenvalue weighted by Gasteiger charge is -2.21. The molecule has 0 aromatic heterocycles. The van der Waals surface area contributed by atoms with Crippen LogP contribution in [0.25, 0.3) is 4.85 Å². The second-order valence-corrected chi connectivity index (χ2v) is 4.36. The predicted octanol–water partition coefficient (Wildman–Crippen LogP) is 3.84. The summed E-state index contributed by atoms with van der Waals surface area (Å²) in [7, 11) is 0. The Morgan fingerprint density at radius 2 is 1.85 bits per heavy atom. The van der Waals surface area contributed by atoms with Crippen LogP contribution in [0, 0.1) is 13.5 Å². The fraction of sp³-hybridized carbons (Fsp3) is 0.417. The van der Waals surface area contributed by atoms with Crippen LogP contribution in [0.3, 0.4) is 0 Å². The summed E-state index contributed by atoms with van der Waals surface area (Å²) in [5, 5.41) is 0. The van der Waals surface area contributed by atoms with Crippen LogP contribution < -0.4 is 0 Å². The van der Waals surface area contributed by atoms with E-state index in [0.717, 1.165) is 5.69 Å². The molecule has 1 heteroatoms. The predicted molar refractivity (Wildman–Crippen MR) is 56.1 cm³/mol. The zero-order chi connectivity index (χ0) is 10.1. The number of hydrogen-bond donors (Lipinski definition) is 0. The standard InChI is InChI=1S/C12H15N/c1-9-8-10(13-5)6-7-11(9)12(2,3)4/h6-8H,1-4H3. The summed E-state index contributed by atoms with van der Waals surface area (Å²) < 4.78 is 0. The van der Waals surface area contributed by atoms with Crippen LogP contribution in [0.15, 0.2) is 18.2 Å². The highest BCUT2D eigenvalue weighted by Gasteiger charge is 2.15. The highest BCUT2D eigenvalue weighted by molar-refractivity contribution is 5.50. The molecule has 1 aromatic carbocycles. The van der Waals surface area contributed by atoms with Crippen molar-refractivity contribution in [1.82, 2.24) is 0 Å².